The number of aryl methyl sites for hydroxylation is 1. The van der Waals surface area contributed by atoms with Crippen molar-refractivity contribution in [2.45, 2.75) is 76.4 Å². The first-order valence-corrected chi connectivity index (χ1v) is 13.2. The monoisotopic (exact) mass is 555 g/mol. The van der Waals surface area contributed by atoms with Gasteiger partial charge in [0, 0.05) is 12.6 Å². The first-order chi connectivity index (χ1) is 18.1. The van der Waals surface area contributed by atoms with Gasteiger partial charge in [-0.25, -0.2) is 0 Å². The van der Waals surface area contributed by atoms with E-state index >= 15 is 0 Å². The Morgan fingerprint density at radius 3 is 2.38 bits per heavy atom. The van der Waals surface area contributed by atoms with Crippen molar-refractivity contribution in [1.29, 1.82) is 0 Å². The van der Waals surface area contributed by atoms with Crippen molar-refractivity contribution in [2.75, 3.05) is 13.1 Å². The lowest BCUT2D eigenvalue weighted by Gasteiger charge is -2.56. The third kappa shape index (κ3) is 5.36. The van der Waals surface area contributed by atoms with Gasteiger partial charge in [-0.2, -0.15) is 26.3 Å². The van der Waals surface area contributed by atoms with Crippen LogP contribution in [0, 0.1) is 11.3 Å². The number of carbonyl (C=O) groups is 1. The van der Waals surface area contributed by atoms with Crippen LogP contribution in [0.2, 0.25) is 0 Å². The molecule has 212 valence electrons. The quantitative estimate of drug-likeness (QED) is 0.394. The summed E-state index contributed by atoms with van der Waals surface area (Å²) in [4.78, 5) is 13.1. The van der Waals surface area contributed by atoms with Gasteiger partial charge in [-0.1, -0.05) is 19.1 Å². The predicted molar refractivity (Wildman–Crippen MR) is 131 cm³/mol. The maximum Gasteiger partial charge on any atom is 0.416 e. The minimum atomic E-state index is -4.75. The normalized spacial score (nSPS) is 26.7. The van der Waals surface area contributed by atoms with Gasteiger partial charge in [-0.15, -0.1) is 0 Å². The summed E-state index contributed by atoms with van der Waals surface area (Å²) < 4.78 is 87.6. The molecule has 0 bridgehead atoms. The Labute approximate surface area is 222 Å². The second-order valence-electron chi connectivity index (χ2n) is 11.7. The Hall–Kier alpha value is -2.75. The van der Waals surface area contributed by atoms with Gasteiger partial charge in [-0.3, -0.25) is 9.69 Å². The highest BCUT2D eigenvalue weighted by atomic mass is 19.4. The summed E-state index contributed by atoms with van der Waals surface area (Å²) in [6.07, 6.45) is -5.26. The molecule has 3 aliphatic rings. The number of hydrogen-bond donors (Lipinski definition) is 1. The number of carboxylic acids is 1. The van der Waals surface area contributed by atoms with Crippen LogP contribution in [0.1, 0.15) is 73.4 Å². The van der Waals surface area contributed by atoms with Gasteiger partial charge in [0.15, 0.2) is 0 Å². The Morgan fingerprint density at radius 2 is 1.74 bits per heavy atom. The van der Waals surface area contributed by atoms with E-state index in [0.717, 1.165) is 49.0 Å². The molecule has 1 N–H and O–H groups in total. The molecule has 5 rings (SSSR count). The summed E-state index contributed by atoms with van der Waals surface area (Å²) in [5.74, 6) is -0.625. The van der Waals surface area contributed by atoms with Crippen molar-refractivity contribution >= 4 is 5.97 Å². The first kappa shape index (κ1) is 27.8. The first-order valence-electron chi connectivity index (χ1n) is 13.2. The minimum absolute atomic E-state index is 0.152. The van der Waals surface area contributed by atoms with Gasteiger partial charge in [0.05, 0.1) is 17.0 Å². The van der Waals surface area contributed by atoms with E-state index in [9.17, 15) is 36.2 Å². The number of rotatable bonds is 5. The number of carboxylic acid groups (broad SMARTS) is 1. The van der Waals surface area contributed by atoms with Crippen LogP contribution in [0.25, 0.3) is 0 Å². The van der Waals surface area contributed by atoms with Crippen LogP contribution in [0.4, 0.5) is 26.3 Å². The van der Waals surface area contributed by atoms with Gasteiger partial charge in [0.1, 0.15) is 11.4 Å². The van der Waals surface area contributed by atoms with E-state index in [1.54, 1.807) is 13.8 Å². The molecule has 2 aliphatic heterocycles. The molecule has 0 aromatic heterocycles. The van der Waals surface area contributed by atoms with Crippen molar-refractivity contribution in [3.63, 3.8) is 0 Å². The molecule has 2 spiro atoms. The van der Waals surface area contributed by atoms with Crippen LogP contribution < -0.4 is 4.74 Å². The zero-order valence-electron chi connectivity index (χ0n) is 21.8. The molecule has 2 aromatic rings. The van der Waals surface area contributed by atoms with Crippen LogP contribution in [0.3, 0.4) is 0 Å². The molecule has 1 saturated heterocycles. The molecule has 1 saturated carbocycles. The Bertz CT molecular complexity index is 1260. The molecule has 2 heterocycles. The lowest BCUT2D eigenvalue weighted by molar-refractivity contribution is -0.142. The van der Waals surface area contributed by atoms with Gasteiger partial charge < -0.3 is 9.84 Å². The molecule has 0 radical (unpaired) electrons. The largest absolute Gasteiger partial charge is 0.487 e. The lowest BCUT2D eigenvalue weighted by atomic mass is 9.56. The number of fused-ring (bicyclic) bond motifs is 1. The van der Waals surface area contributed by atoms with Crippen LogP contribution >= 0.6 is 0 Å². The van der Waals surface area contributed by atoms with E-state index in [1.165, 1.54) is 0 Å². The van der Waals surface area contributed by atoms with Crippen molar-refractivity contribution in [1.82, 2.24) is 4.90 Å². The number of halogens is 6. The Morgan fingerprint density at radius 1 is 1.03 bits per heavy atom. The van der Waals surface area contributed by atoms with E-state index in [1.807, 2.05) is 23.1 Å². The number of aliphatic carboxylic acids is 1. The topological polar surface area (TPSA) is 49.8 Å². The molecular weight excluding hydrogens is 524 g/mol. The number of ether oxygens (including phenoxy) is 1. The third-order valence-electron chi connectivity index (χ3n) is 8.82. The van der Waals surface area contributed by atoms with E-state index in [4.69, 9.17) is 4.74 Å². The number of likely N-dealkylation sites (tertiary alicyclic amines) is 1. The van der Waals surface area contributed by atoms with Crippen molar-refractivity contribution in [3.05, 3.63) is 64.2 Å². The van der Waals surface area contributed by atoms with Crippen LogP contribution in [-0.4, -0.2) is 34.7 Å². The smallest absolute Gasteiger partial charge is 0.416 e. The predicted octanol–water partition coefficient (Wildman–Crippen LogP) is 7.30. The highest BCUT2D eigenvalue weighted by Crippen LogP contribution is 2.59. The highest BCUT2D eigenvalue weighted by molar-refractivity contribution is 5.70. The standard InChI is InChI=1S/C29H31F6NO3/c1-17(25(37)38)11-19-3-4-20-7-8-27(39-24(20)12-19)14-26(15-27)9-10-36(16-26)18(2)22-13-21(28(30,31)32)5-6-23(22)29(33,34)35/h3-6,12-13,17-18H,7-11,14-16H2,1-2H3,(H,37,38). The zero-order chi connectivity index (χ0) is 28.4. The molecular formula is C29H31F6NO3. The van der Waals surface area contributed by atoms with E-state index in [2.05, 4.69) is 0 Å². The zero-order valence-corrected chi connectivity index (χ0v) is 21.8. The van der Waals surface area contributed by atoms with Crippen molar-refractivity contribution in [2.24, 2.45) is 11.3 Å². The summed E-state index contributed by atoms with van der Waals surface area (Å²) in [5.41, 5.74) is -1.04. The van der Waals surface area contributed by atoms with Crippen LogP contribution in [-0.2, 0) is 30.0 Å². The van der Waals surface area contributed by atoms with E-state index in [-0.39, 0.29) is 16.6 Å². The Kier molecular flexibility index (Phi) is 6.72. The lowest BCUT2D eigenvalue weighted by Crippen LogP contribution is -2.58. The molecule has 10 heteroatoms. The summed E-state index contributed by atoms with van der Waals surface area (Å²) in [6, 6.07) is 6.67. The average Bonchev–Trinajstić information content (AvgIpc) is 3.26. The summed E-state index contributed by atoms with van der Waals surface area (Å²) in [7, 11) is 0. The SMILES string of the molecule is CC(Cc1ccc2c(c1)OC1(CC2)CC2(CCN(C(C)c3cc(C(F)(F)F)ccc3C(F)(F)F)C2)C1)C(=O)O. The van der Waals surface area contributed by atoms with Gasteiger partial charge in [-0.05, 0) is 98.4 Å². The maximum atomic E-state index is 13.7. The second-order valence-corrected chi connectivity index (χ2v) is 11.7. The fourth-order valence-electron chi connectivity index (χ4n) is 6.81. The van der Waals surface area contributed by atoms with Crippen molar-refractivity contribution < 1.29 is 41.0 Å². The molecule has 2 aromatic carbocycles. The number of alkyl halides is 6. The van der Waals surface area contributed by atoms with Gasteiger partial charge in [0.2, 0.25) is 0 Å². The van der Waals surface area contributed by atoms with Gasteiger partial charge >= 0.3 is 18.3 Å². The van der Waals surface area contributed by atoms with Gasteiger partial charge in [0.25, 0.3) is 0 Å². The second kappa shape index (κ2) is 9.42. The summed E-state index contributed by atoms with van der Waals surface area (Å²) in [6.45, 7) is 4.20. The van der Waals surface area contributed by atoms with E-state index in [0.29, 0.717) is 37.7 Å². The summed E-state index contributed by atoms with van der Waals surface area (Å²) in [5, 5.41) is 9.23. The molecule has 4 nitrogen and oxygen atoms in total. The molecule has 39 heavy (non-hydrogen) atoms. The molecule has 2 atom stereocenters. The molecule has 0 amide bonds. The fourth-order valence-corrected chi connectivity index (χ4v) is 6.81. The third-order valence-corrected chi connectivity index (χ3v) is 8.82. The molecule has 2 unspecified atom stereocenters. The minimum Gasteiger partial charge on any atom is -0.487 e. The van der Waals surface area contributed by atoms with E-state index < -0.39 is 41.4 Å². The number of hydrogen-bond acceptors (Lipinski definition) is 3. The number of benzene rings is 2. The molecule has 1 aliphatic carbocycles. The Balaban J connectivity index is 1.29. The number of nitrogens with zero attached hydrogens (tertiary/aromatic N) is 1. The molecule has 2 fully saturated rings. The average molecular weight is 556 g/mol. The fraction of sp³-hybridized carbons (Fsp3) is 0.552. The van der Waals surface area contributed by atoms with Crippen LogP contribution in [0.15, 0.2) is 36.4 Å². The maximum absolute atomic E-state index is 13.7. The summed E-state index contributed by atoms with van der Waals surface area (Å²) >= 11 is 0. The highest BCUT2D eigenvalue weighted by Gasteiger charge is 2.59. The van der Waals surface area contributed by atoms with Crippen LogP contribution in [0.5, 0.6) is 5.75 Å². The van der Waals surface area contributed by atoms with Crippen molar-refractivity contribution in [3.8, 4) is 5.75 Å².